The van der Waals surface area contributed by atoms with Gasteiger partial charge < -0.3 is 10.3 Å². The first-order chi connectivity index (χ1) is 8.29. The zero-order valence-electron chi connectivity index (χ0n) is 11.4. The van der Waals surface area contributed by atoms with Crippen LogP contribution in [0.5, 0.6) is 0 Å². The maximum absolute atomic E-state index is 13.1. The first-order valence-electron chi connectivity index (χ1n) is 6.20. The average Bonchev–Trinajstić information content (AvgIpc) is 2.53. The van der Waals surface area contributed by atoms with Crippen LogP contribution in [0, 0.1) is 17.2 Å². The van der Waals surface area contributed by atoms with Crippen molar-refractivity contribution in [1.82, 2.24) is 9.55 Å². The largest absolute Gasteiger partial charge is 0.369 e. The van der Waals surface area contributed by atoms with Gasteiger partial charge in [-0.1, -0.05) is 27.7 Å². The van der Waals surface area contributed by atoms with E-state index in [-0.39, 0.29) is 11.2 Å². The molecule has 1 atom stereocenters. The summed E-state index contributed by atoms with van der Waals surface area (Å²) in [6, 6.07) is 4.61. The van der Waals surface area contributed by atoms with Crippen LogP contribution >= 0.6 is 0 Å². The maximum Gasteiger partial charge on any atom is 0.201 e. The Balaban J connectivity index is 2.42. The number of hydrogen-bond donors (Lipinski definition) is 1. The van der Waals surface area contributed by atoms with Gasteiger partial charge in [-0.05, 0) is 23.5 Å². The molecule has 0 aliphatic carbocycles. The third-order valence-corrected chi connectivity index (χ3v) is 3.67. The number of fused-ring (bicyclic) bond motifs is 1. The Hall–Kier alpha value is -1.58. The minimum atomic E-state index is -0.281. The van der Waals surface area contributed by atoms with E-state index in [2.05, 4.69) is 32.7 Å². The van der Waals surface area contributed by atoms with Crippen LogP contribution in [0.2, 0.25) is 0 Å². The van der Waals surface area contributed by atoms with E-state index >= 15 is 0 Å². The predicted molar refractivity (Wildman–Crippen MR) is 72.7 cm³/mol. The normalized spacial score (nSPS) is 14.1. The van der Waals surface area contributed by atoms with Crippen LogP contribution in [0.4, 0.5) is 10.3 Å². The van der Waals surface area contributed by atoms with Crippen molar-refractivity contribution in [2.45, 2.75) is 34.2 Å². The van der Waals surface area contributed by atoms with Crippen LogP contribution in [0.3, 0.4) is 0 Å². The molecule has 0 aliphatic rings. The molecule has 1 unspecified atom stereocenters. The van der Waals surface area contributed by atoms with Gasteiger partial charge in [-0.3, -0.25) is 0 Å². The fraction of sp³-hybridized carbons (Fsp3) is 0.500. The van der Waals surface area contributed by atoms with Gasteiger partial charge in [0.2, 0.25) is 5.95 Å². The summed E-state index contributed by atoms with van der Waals surface area (Å²) >= 11 is 0. The van der Waals surface area contributed by atoms with Gasteiger partial charge in [0.05, 0.1) is 11.0 Å². The summed E-state index contributed by atoms with van der Waals surface area (Å²) in [6.45, 7) is 9.58. The van der Waals surface area contributed by atoms with Crippen molar-refractivity contribution < 1.29 is 4.39 Å². The van der Waals surface area contributed by atoms with Gasteiger partial charge in [-0.15, -0.1) is 0 Å². The Morgan fingerprint density at radius 3 is 2.67 bits per heavy atom. The Kier molecular flexibility index (Phi) is 3.05. The predicted octanol–water partition coefficient (Wildman–Crippen LogP) is 3.44. The third-order valence-electron chi connectivity index (χ3n) is 3.67. The standard InChI is InChI=1S/C14H20FN3/c1-9(14(2,3)4)8-18-12-6-5-10(15)7-11(12)17-13(18)16/h5-7,9H,8H2,1-4H3,(H2,16,17). The summed E-state index contributed by atoms with van der Waals surface area (Å²) in [7, 11) is 0. The summed E-state index contributed by atoms with van der Waals surface area (Å²) < 4.78 is 15.1. The quantitative estimate of drug-likeness (QED) is 0.886. The fourth-order valence-corrected chi connectivity index (χ4v) is 1.86. The number of hydrogen-bond acceptors (Lipinski definition) is 2. The molecule has 18 heavy (non-hydrogen) atoms. The number of nitrogens with zero attached hydrogens (tertiary/aromatic N) is 2. The molecule has 2 aromatic rings. The minimum Gasteiger partial charge on any atom is -0.369 e. The lowest BCUT2D eigenvalue weighted by Crippen LogP contribution is -2.23. The summed E-state index contributed by atoms with van der Waals surface area (Å²) in [5.74, 6) is 0.616. The first-order valence-corrected chi connectivity index (χ1v) is 6.20. The van der Waals surface area contributed by atoms with Gasteiger partial charge in [0.1, 0.15) is 5.82 Å². The molecular weight excluding hydrogens is 229 g/mol. The molecule has 3 nitrogen and oxygen atoms in total. The van der Waals surface area contributed by atoms with Crippen LogP contribution in [-0.4, -0.2) is 9.55 Å². The highest BCUT2D eigenvalue weighted by Gasteiger charge is 2.22. The second kappa shape index (κ2) is 4.26. The maximum atomic E-state index is 13.1. The number of anilines is 1. The first kappa shape index (κ1) is 12.9. The Bertz CT molecular complexity index is 566. The van der Waals surface area contributed by atoms with E-state index in [4.69, 9.17) is 5.73 Å². The van der Waals surface area contributed by atoms with E-state index in [1.54, 1.807) is 6.07 Å². The number of aromatic nitrogens is 2. The van der Waals surface area contributed by atoms with Crippen molar-refractivity contribution in [2.75, 3.05) is 5.73 Å². The Morgan fingerprint density at radius 1 is 1.39 bits per heavy atom. The van der Waals surface area contributed by atoms with Crippen LogP contribution in [0.15, 0.2) is 18.2 Å². The van der Waals surface area contributed by atoms with Crippen molar-refractivity contribution >= 4 is 17.0 Å². The fourth-order valence-electron chi connectivity index (χ4n) is 1.86. The summed E-state index contributed by atoms with van der Waals surface area (Å²) in [4.78, 5) is 4.21. The Labute approximate surface area is 107 Å². The molecule has 0 bridgehead atoms. The number of imidazole rings is 1. The molecule has 0 amide bonds. The monoisotopic (exact) mass is 249 g/mol. The van der Waals surface area contributed by atoms with Crippen LogP contribution in [0.25, 0.3) is 11.0 Å². The average molecular weight is 249 g/mol. The zero-order valence-corrected chi connectivity index (χ0v) is 11.4. The molecule has 1 aromatic heterocycles. The topological polar surface area (TPSA) is 43.8 Å². The van der Waals surface area contributed by atoms with Gasteiger partial charge >= 0.3 is 0 Å². The smallest absolute Gasteiger partial charge is 0.201 e. The zero-order chi connectivity index (χ0) is 13.5. The van der Waals surface area contributed by atoms with Crippen LogP contribution in [-0.2, 0) is 6.54 Å². The molecule has 0 radical (unpaired) electrons. The van der Waals surface area contributed by atoms with Gasteiger partial charge in [0.25, 0.3) is 0 Å². The van der Waals surface area contributed by atoms with Gasteiger partial charge in [-0.25, -0.2) is 9.37 Å². The van der Waals surface area contributed by atoms with Gasteiger partial charge in [-0.2, -0.15) is 0 Å². The lowest BCUT2D eigenvalue weighted by atomic mass is 9.82. The van der Waals surface area contributed by atoms with E-state index in [1.165, 1.54) is 12.1 Å². The van der Waals surface area contributed by atoms with E-state index in [0.717, 1.165) is 12.1 Å². The minimum absolute atomic E-state index is 0.197. The van der Waals surface area contributed by atoms with Crippen molar-refractivity contribution in [3.63, 3.8) is 0 Å². The van der Waals surface area contributed by atoms with Crippen molar-refractivity contribution in [2.24, 2.45) is 11.3 Å². The molecule has 2 N–H and O–H groups in total. The summed E-state index contributed by atoms with van der Waals surface area (Å²) in [5, 5.41) is 0. The molecular formula is C14H20FN3. The lowest BCUT2D eigenvalue weighted by Gasteiger charge is -2.28. The molecule has 0 saturated carbocycles. The number of nitrogens with two attached hydrogens (primary N) is 1. The second-order valence-electron chi connectivity index (χ2n) is 5.98. The molecule has 2 rings (SSSR count). The lowest BCUT2D eigenvalue weighted by molar-refractivity contribution is 0.236. The molecule has 0 saturated heterocycles. The number of nitrogen functional groups attached to an aromatic ring is 1. The van der Waals surface area contributed by atoms with E-state index in [0.29, 0.717) is 17.4 Å². The number of halogens is 1. The highest BCUT2D eigenvalue weighted by atomic mass is 19.1. The molecule has 0 spiro atoms. The third kappa shape index (κ3) is 2.33. The van der Waals surface area contributed by atoms with Gasteiger partial charge in [0.15, 0.2) is 0 Å². The Morgan fingerprint density at radius 2 is 2.06 bits per heavy atom. The summed E-state index contributed by atoms with van der Waals surface area (Å²) in [5.41, 5.74) is 7.63. The number of benzene rings is 1. The van der Waals surface area contributed by atoms with E-state index < -0.39 is 0 Å². The SMILES string of the molecule is CC(Cn1c(N)nc2cc(F)ccc21)C(C)(C)C. The molecule has 1 heterocycles. The van der Waals surface area contributed by atoms with E-state index in [9.17, 15) is 4.39 Å². The highest BCUT2D eigenvalue weighted by molar-refractivity contribution is 5.78. The van der Waals surface area contributed by atoms with Crippen LogP contribution < -0.4 is 5.73 Å². The van der Waals surface area contributed by atoms with Crippen LogP contribution in [0.1, 0.15) is 27.7 Å². The van der Waals surface area contributed by atoms with Gasteiger partial charge in [0, 0.05) is 12.6 Å². The summed E-state index contributed by atoms with van der Waals surface area (Å²) in [6.07, 6.45) is 0. The van der Waals surface area contributed by atoms with Crippen molar-refractivity contribution in [3.05, 3.63) is 24.0 Å². The molecule has 0 aliphatic heterocycles. The van der Waals surface area contributed by atoms with Crippen molar-refractivity contribution in [1.29, 1.82) is 0 Å². The molecule has 0 fully saturated rings. The van der Waals surface area contributed by atoms with E-state index in [1.807, 2.05) is 4.57 Å². The highest BCUT2D eigenvalue weighted by Crippen LogP contribution is 2.29. The second-order valence-corrected chi connectivity index (χ2v) is 5.98. The number of rotatable bonds is 2. The molecule has 1 aromatic carbocycles. The molecule has 4 heteroatoms. The van der Waals surface area contributed by atoms with Crippen molar-refractivity contribution in [3.8, 4) is 0 Å². The molecule has 98 valence electrons.